The fraction of sp³-hybridized carbons (Fsp3) is 0.391. The molecule has 2 rings (SSSR count). The first-order valence-corrected chi connectivity index (χ1v) is 11.2. The lowest BCUT2D eigenvalue weighted by Gasteiger charge is -2.31. The summed E-state index contributed by atoms with van der Waals surface area (Å²) >= 11 is 9.53. The van der Waals surface area contributed by atoms with Gasteiger partial charge in [-0.1, -0.05) is 46.6 Å². The number of hydrogen-bond acceptors (Lipinski definition) is 4. The zero-order valence-electron chi connectivity index (χ0n) is 18.2. The van der Waals surface area contributed by atoms with Crippen molar-refractivity contribution in [1.29, 1.82) is 0 Å². The molecule has 2 aromatic carbocycles. The summed E-state index contributed by atoms with van der Waals surface area (Å²) in [7, 11) is 1.60. The van der Waals surface area contributed by atoms with Crippen LogP contribution in [0.4, 0.5) is 0 Å². The van der Waals surface area contributed by atoms with Crippen LogP contribution in [0.3, 0.4) is 0 Å². The standard InChI is InChI=1S/C23H28BrClN2O4/c1-5-20(23(29)26-15(2)3)27(13-16-6-9-18(30-4)10-7-16)22(28)14-31-21-11-8-17(24)12-19(21)25/h6-12,15,20H,5,13-14H2,1-4H3,(H,26,29)/t20-/m0/s1. The average Bonchev–Trinajstić information content (AvgIpc) is 2.72. The quantitative estimate of drug-likeness (QED) is 0.496. The minimum absolute atomic E-state index is 0.0303. The molecule has 0 aliphatic carbocycles. The molecule has 0 fully saturated rings. The highest BCUT2D eigenvalue weighted by Gasteiger charge is 2.29. The van der Waals surface area contributed by atoms with Crippen molar-refractivity contribution in [3.05, 3.63) is 57.5 Å². The van der Waals surface area contributed by atoms with E-state index in [1.165, 1.54) is 0 Å². The molecule has 0 heterocycles. The van der Waals surface area contributed by atoms with E-state index in [0.29, 0.717) is 17.2 Å². The summed E-state index contributed by atoms with van der Waals surface area (Å²) in [5.41, 5.74) is 0.881. The van der Waals surface area contributed by atoms with Crippen molar-refractivity contribution in [1.82, 2.24) is 10.2 Å². The maximum atomic E-state index is 13.2. The molecule has 6 nitrogen and oxygen atoms in total. The first-order chi connectivity index (χ1) is 14.7. The monoisotopic (exact) mass is 510 g/mol. The van der Waals surface area contributed by atoms with Crippen LogP contribution in [0.2, 0.25) is 5.02 Å². The molecule has 0 bridgehead atoms. The fourth-order valence-corrected chi connectivity index (χ4v) is 3.77. The van der Waals surface area contributed by atoms with Crippen LogP contribution in [0.5, 0.6) is 11.5 Å². The van der Waals surface area contributed by atoms with Gasteiger partial charge in [0.15, 0.2) is 6.61 Å². The maximum absolute atomic E-state index is 13.2. The number of nitrogens with zero attached hydrogens (tertiary/aromatic N) is 1. The van der Waals surface area contributed by atoms with Crippen LogP contribution in [-0.4, -0.2) is 42.5 Å². The molecule has 0 unspecified atom stereocenters. The van der Waals surface area contributed by atoms with E-state index in [2.05, 4.69) is 21.2 Å². The molecule has 1 atom stereocenters. The second-order valence-corrected chi connectivity index (χ2v) is 8.64. The van der Waals surface area contributed by atoms with E-state index in [4.69, 9.17) is 21.1 Å². The molecule has 8 heteroatoms. The Kier molecular flexibility index (Phi) is 9.65. The van der Waals surface area contributed by atoms with Gasteiger partial charge in [-0.2, -0.15) is 0 Å². The topological polar surface area (TPSA) is 67.9 Å². The van der Waals surface area contributed by atoms with Crippen molar-refractivity contribution < 1.29 is 19.1 Å². The Morgan fingerprint density at radius 3 is 2.39 bits per heavy atom. The van der Waals surface area contributed by atoms with Gasteiger partial charge in [-0.3, -0.25) is 9.59 Å². The molecule has 0 aliphatic rings. The highest BCUT2D eigenvalue weighted by atomic mass is 79.9. The molecule has 0 spiro atoms. The summed E-state index contributed by atoms with van der Waals surface area (Å²) in [6.45, 7) is 5.69. The van der Waals surface area contributed by atoms with Crippen molar-refractivity contribution >= 4 is 39.3 Å². The Morgan fingerprint density at radius 2 is 1.84 bits per heavy atom. The predicted octanol–water partition coefficient (Wildman–Crippen LogP) is 4.82. The summed E-state index contributed by atoms with van der Waals surface area (Å²) in [4.78, 5) is 27.5. The van der Waals surface area contributed by atoms with Gasteiger partial charge in [0, 0.05) is 17.1 Å². The smallest absolute Gasteiger partial charge is 0.261 e. The molecule has 1 N–H and O–H groups in total. The van der Waals surface area contributed by atoms with Crippen LogP contribution < -0.4 is 14.8 Å². The summed E-state index contributed by atoms with van der Waals surface area (Å²) in [6, 6.07) is 11.9. The number of carbonyl (C=O) groups excluding carboxylic acids is 2. The molecule has 2 aromatic rings. The normalized spacial score (nSPS) is 11.7. The SMILES string of the molecule is CC[C@@H](C(=O)NC(C)C)N(Cc1ccc(OC)cc1)C(=O)COc1ccc(Br)cc1Cl. The molecule has 0 aliphatic heterocycles. The molecule has 0 saturated carbocycles. The lowest BCUT2D eigenvalue weighted by atomic mass is 10.1. The number of nitrogens with one attached hydrogen (secondary N) is 1. The third kappa shape index (κ3) is 7.43. The van der Waals surface area contributed by atoms with E-state index in [0.717, 1.165) is 15.8 Å². The van der Waals surface area contributed by atoms with Gasteiger partial charge in [0.1, 0.15) is 17.5 Å². The van der Waals surface area contributed by atoms with Gasteiger partial charge in [0.25, 0.3) is 5.91 Å². The summed E-state index contributed by atoms with van der Waals surface area (Å²) in [5.74, 6) is 0.628. The summed E-state index contributed by atoms with van der Waals surface area (Å²) in [6.07, 6.45) is 0.472. The lowest BCUT2D eigenvalue weighted by molar-refractivity contribution is -0.143. The summed E-state index contributed by atoms with van der Waals surface area (Å²) < 4.78 is 11.7. The average molecular weight is 512 g/mol. The number of benzene rings is 2. The highest BCUT2D eigenvalue weighted by Crippen LogP contribution is 2.28. The number of carbonyl (C=O) groups is 2. The summed E-state index contributed by atoms with van der Waals surface area (Å²) in [5, 5.41) is 3.30. The Balaban J connectivity index is 2.23. The van der Waals surface area contributed by atoms with Gasteiger partial charge in [-0.25, -0.2) is 0 Å². The van der Waals surface area contributed by atoms with Crippen molar-refractivity contribution in [2.45, 2.75) is 45.8 Å². The van der Waals surface area contributed by atoms with Crippen LogP contribution in [0.25, 0.3) is 0 Å². The van der Waals surface area contributed by atoms with Crippen LogP contribution in [-0.2, 0) is 16.1 Å². The number of rotatable bonds is 10. The highest BCUT2D eigenvalue weighted by molar-refractivity contribution is 9.10. The molecule has 0 radical (unpaired) electrons. The number of amides is 2. The van der Waals surface area contributed by atoms with Crippen LogP contribution in [0.1, 0.15) is 32.8 Å². The zero-order chi connectivity index (χ0) is 23.0. The van der Waals surface area contributed by atoms with Crippen molar-refractivity contribution in [3.8, 4) is 11.5 Å². The Labute approximate surface area is 197 Å². The zero-order valence-corrected chi connectivity index (χ0v) is 20.5. The number of halogens is 2. The minimum Gasteiger partial charge on any atom is -0.497 e. The van der Waals surface area contributed by atoms with Crippen molar-refractivity contribution in [3.63, 3.8) is 0 Å². The van der Waals surface area contributed by atoms with E-state index in [1.807, 2.05) is 45.0 Å². The van der Waals surface area contributed by atoms with E-state index in [-0.39, 0.29) is 31.0 Å². The van der Waals surface area contributed by atoms with Crippen molar-refractivity contribution in [2.75, 3.05) is 13.7 Å². The van der Waals surface area contributed by atoms with Gasteiger partial charge in [0.2, 0.25) is 5.91 Å². The third-order valence-electron chi connectivity index (χ3n) is 4.57. The first-order valence-electron chi connectivity index (χ1n) is 10.1. The van der Waals surface area contributed by atoms with Gasteiger partial charge >= 0.3 is 0 Å². The van der Waals surface area contributed by atoms with Gasteiger partial charge in [0.05, 0.1) is 12.1 Å². The molecular weight excluding hydrogens is 484 g/mol. The van der Waals surface area contributed by atoms with Crippen LogP contribution in [0.15, 0.2) is 46.9 Å². The minimum atomic E-state index is -0.624. The van der Waals surface area contributed by atoms with Gasteiger partial charge < -0.3 is 19.7 Å². The van der Waals surface area contributed by atoms with E-state index < -0.39 is 6.04 Å². The Hall–Kier alpha value is -2.25. The first kappa shape index (κ1) is 25.0. The maximum Gasteiger partial charge on any atom is 0.261 e. The molecule has 2 amide bonds. The Bertz CT molecular complexity index is 890. The predicted molar refractivity (Wildman–Crippen MR) is 126 cm³/mol. The second kappa shape index (κ2) is 12.0. The molecular formula is C23H28BrClN2O4. The van der Waals surface area contributed by atoms with Crippen molar-refractivity contribution in [2.24, 2.45) is 0 Å². The largest absolute Gasteiger partial charge is 0.497 e. The molecule has 0 aromatic heterocycles. The molecule has 0 saturated heterocycles. The number of ether oxygens (including phenoxy) is 2. The molecule has 168 valence electrons. The molecule has 31 heavy (non-hydrogen) atoms. The Morgan fingerprint density at radius 1 is 1.16 bits per heavy atom. The number of hydrogen-bond donors (Lipinski definition) is 1. The second-order valence-electron chi connectivity index (χ2n) is 7.32. The van der Waals surface area contributed by atoms with Gasteiger partial charge in [-0.05, 0) is 56.2 Å². The van der Waals surface area contributed by atoms with E-state index in [1.54, 1.807) is 30.2 Å². The van der Waals surface area contributed by atoms with E-state index in [9.17, 15) is 9.59 Å². The third-order valence-corrected chi connectivity index (χ3v) is 5.36. The van der Waals surface area contributed by atoms with Crippen LogP contribution in [0, 0.1) is 0 Å². The lowest BCUT2D eigenvalue weighted by Crippen LogP contribution is -2.51. The van der Waals surface area contributed by atoms with E-state index >= 15 is 0 Å². The van der Waals surface area contributed by atoms with Gasteiger partial charge in [-0.15, -0.1) is 0 Å². The van der Waals surface area contributed by atoms with Crippen LogP contribution >= 0.6 is 27.5 Å². The number of methoxy groups -OCH3 is 1. The fourth-order valence-electron chi connectivity index (χ4n) is 3.04.